The molecule has 300 valence electrons. The highest BCUT2D eigenvalue weighted by Crippen LogP contribution is 2.40. The largest absolute Gasteiger partial charge is 0.480 e. The van der Waals surface area contributed by atoms with Crippen molar-refractivity contribution in [2.24, 2.45) is 17.1 Å². The van der Waals surface area contributed by atoms with Gasteiger partial charge in [0.05, 0.1) is 23.7 Å². The minimum atomic E-state index is -4.81. The summed E-state index contributed by atoms with van der Waals surface area (Å²) in [5, 5.41) is 15.0. The van der Waals surface area contributed by atoms with E-state index in [1.54, 1.807) is 49.5 Å². The lowest BCUT2D eigenvalue weighted by molar-refractivity contribution is -0.198. The van der Waals surface area contributed by atoms with E-state index in [2.05, 4.69) is 20.4 Å². The molecule has 0 saturated heterocycles. The lowest BCUT2D eigenvalue weighted by atomic mass is 9.84. The van der Waals surface area contributed by atoms with Crippen molar-refractivity contribution in [2.45, 2.75) is 71.7 Å². The Hall–Kier alpha value is -5.48. The van der Waals surface area contributed by atoms with Crippen molar-refractivity contribution in [1.29, 1.82) is 0 Å². The number of carboxylic acids is 1. The van der Waals surface area contributed by atoms with Crippen LogP contribution in [0.3, 0.4) is 0 Å². The first kappa shape index (κ1) is 43.3. The molecule has 3 atom stereocenters. The number of anilines is 1. The molecule has 0 radical (unpaired) electrons. The van der Waals surface area contributed by atoms with Gasteiger partial charge in [0.2, 0.25) is 17.9 Å². The number of allylic oxidation sites excluding steroid dienone is 2. The third-order valence-corrected chi connectivity index (χ3v) is 8.56. The number of carbonyl (C=O) groups excluding carboxylic acids is 2. The summed E-state index contributed by atoms with van der Waals surface area (Å²) in [5.41, 5.74) is 14.0. The summed E-state index contributed by atoms with van der Waals surface area (Å²) >= 11 is 6.13. The lowest BCUT2D eigenvalue weighted by Gasteiger charge is -2.26. The SMILES string of the molecule is Cc1ccn(-c2cc(Cl)ccc2[C@@H](Oc2cc(C3=CCC(C[C@H](N)C(=O)OCC(C)(C)C)CC3)nc(N)n2)C(F)(F)F)n1.O=C(O)CNC(=O)c1ccccc1. The van der Waals surface area contributed by atoms with E-state index >= 15 is 0 Å². The predicted molar refractivity (Wildman–Crippen MR) is 204 cm³/mol. The molecule has 1 amide bonds. The highest BCUT2D eigenvalue weighted by Gasteiger charge is 2.45. The van der Waals surface area contributed by atoms with Gasteiger partial charge in [0, 0.05) is 28.4 Å². The van der Waals surface area contributed by atoms with Crippen LogP contribution in [0.4, 0.5) is 19.1 Å². The maximum Gasteiger partial charge on any atom is 0.429 e. The van der Waals surface area contributed by atoms with E-state index in [0.29, 0.717) is 42.6 Å². The summed E-state index contributed by atoms with van der Waals surface area (Å²) in [7, 11) is 0. The number of nitrogen functional groups attached to an aromatic ring is 1. The number of aromatic nitrogens is 4. The van der Waals surface area contributed by atoms with Crippen molar-refractivity contribution in [1.82, 2.24) is 25.1 Å². The van der Waals surface area contributed by atoms with Gasteiger partial charge in [0.15, 0.2) is 0 Å². The van der Waals surface area contributed by atoms with Crippen LogP contribution in [0.25, 0.3) is 11.3 Å². The third kappa shape index (κ3) is 13.1. The fourth-order valence-corrected chi connectivity index (χ4v) is 5.78. The number of ether oxygens (including phenoxy) is 2. The number of hydrogen-bond acceptors (Lipinski definition) is 10. The Morgan fingerprint density at radius 3 is 2.38 bits per heavy atom. The number of hydrogen-bond donors (Lipinski definition) is 4. The molecule has 1 unspecified atom stereocenters. The van der Waals surface area contributed by atoms with E-state index < -0.39 is 30.3 Å². The molecule has 1 aliphatic carbocycles. The van der Waals surface area contributed by atoms with Crippen molar-refractivity contribution in [2.75, 3.05) is 18.9 Å². The Kier molecular flexibility index (Phi) is 14.6. The molecule has 0 saturated carbocycles. The normalized spacial score (nSPS) is 15.4. The lowest BCUT2D eigenvalue weighted by Crippen LogP contribution is -2.36. The molecule has 2 aromatic carbocycles. The van der Waals surface area contributed by atoms with Gasteiger partial charge in [0.25, 0.3) is 5.91 Å². The van der Waals surface area contributed by atoms with E-state index in [9.17, 15) is 27.6 Å². The van der Waals surface area contributed by atoms with Crippen LogP contribution >= 0.6 is 11.6 Å². The first-order valence-electron chi connectivity index (χ1n) is 17.7. The van der Waals surface area contributed by atoms with Crippen molar-refractivity contribution in [3.05, 3.63) is 100 Å². The van der Waals surface area contributed by atoms with Crippen molar-refractivity contribution >= 4 is 41.0 Å². The zero-order valence-electron chi connectivity index (χ0n) is 31.3. The Labute approximate surface area is 327 Å². The minimum Gasteiger partial charge on any atom is -0.480 e. The Morgan fingerprint density at radius 1 is 1.07 bits per heavy atom. The average Bonchev–Trinajstić information content (AvgIpc) is 3.57. The summed E-state index contributed by atoms with van der Waals surface area (Å²) in [6.07, 6.45) is -1.39. The molecule has 0 fully saturated rings. The van der Waals surface area contributed by atoms with Gasteiger partial charge in [-0.15, -0.1) is 0 Å². The number of aliphatic carboxylic acids is 1. The summed E-state index contributed by atoms with van der Waals surface area (Å²) < 4.78 is 55.5. The number of carboxylic acid groups (broad SMARTS) is 1. The number of nitrogens with two attached hydrogens (primary N) is 2. The van der Waals surface area contributed by atoms with E-state index in [1.807, 2.05) is 26.8 Å². The number of benzene rings is 2. The van der Waals surface area contributed by atoms with Gasteiger partial charge in [0.1, 0.15) is 12.6 Å². The predicted octanol–water partition coefficient (Wildman–Crippen LogP) is 6.88. The van der Waals surface area contributed by atoms with E-state index in [4.69, 9.17) is 37.6 Å². The van der Waals surface area contributed by atoms with Gasteiger partial charge in [-0.1, -0.05) is 62.7 Å². The van der Waals surface area contributed by atoms with Crippen LogP contribution in [0.2, 0.25) is 5.02 Å². The number of carbonyl (C=O) groups is 3. The van der Waals surface area contributed by atoms with E-state index in [-0.39, 0.29) is 58.5 Å². The molecular weight excluding hydrogens is 755 g/mol. The number of esters is 1. The second-order valence-corrected chi connectivity index (χ2v) is 14.9. The zero-order chi connectivity index (χ0) is 41.2. The molecule has 0 bridgehead atoms. The van der Waals surface area contributed by atoms with Crippen LogP contribution in [0, 0.1) is 18.3 Å². The highest BCUT2D eigenvalue weighted by atomic mass is 35.5. The first-order chi connectivity index (χ1) is 26.3. The van der Waals surface area contributed by atoms with Crippen LogP contribution in [0.1, 0.15) is 79.9 Å². The first-order valence-corrected chi connectivity index (χ1v) is 18.0. The number of aryl methyl sites for hydroxylation is 1. The van der Waals surface area contributed by atoms with Crippen molar-refractivity contribution < 1.29 is 42.1 Å². The Morgan fingerprint density at radius 2 is 1.79 bits per heavy atom. The number of amides is 1. The Bertz CT molecular complexity index is 2020. The number of nitrogens with one attached hydrogen (secondary N) is 1. The van der Waals surface area contributed by atoms with Crippen LogP contribution < -0.4 is 21.5 Å². The average molecular weight is 800 g/mol. The van der Waals surface area contributed by atoms with Gasteiger partial charge in [-0.25, -0.2) is 9.67 Å². The third-order valence-electron chi connectivity index (χ3n) is 8.32. The molecule has 1 aliphatic rings. The van der Waals surface area contributed by atoms with Gasteiger partial charge in [-0.05, 0) is 79.8 Å². The highest BCUT2D eigenvalue weighted by molar-refractivity contribution is 6.30. The minimum absolute atomic E-state index is 0.117. The van der Waals surface area contributed by atoms with Gasteiger partial charge in [-0.3, -0.25) is 14.4 Å². The molecule has 0 aliphatic heterocycles. The Balaban J connectivity index is 0.000000453. The molecule has 13 nitrogen and oxygen atoms in total. The molecule has 0 spiro atoms. The van der Waals surface area contributed by atoms with E-state index in [0.717, 1.165) is 5.57 Å². The fourth-order valence-electron chi connectivity index (χ4n) is 5.61. The molecule has 5 rings (SSSR count). The molecular formula is C39H45ClF3N7O6. The summed E-state index contributed by atoms with van der Waals surface area (Å²) in [4.78, 5) is 41.8. The summed E-state index contributed by atoms with van der Waals surface area (Å²) in [6.45, 7) is 7.56. The standard InChI is InChI=1S/C30H36ClF3N6O3.C9H9NO3/c1-17-11-12-40(39-17)24-14-20(31)9-10-21(24)26(30(32,33)34)43-25-15-23(37-28(36)38-25)19-7-5-18(6-8-19)13-22(35)27(41)42-16-29(2,3)4;11-8(12)6-10-9(13)7-4-2-1-3-5-7/h7,9-12,14-15,18,22,26H,5-6,8,13,16,35H2,1-4H3,(H2,36,37,38);1-5H,6H2,(H,10,13)(H,11,12)/t18?,22-,26+;/m0./s1. The van der Waals surface area contributed by atoms with Crippen LogP contribution in [0.15, 0.2) is 72.9 Å². The topological polar surface area (TPSA) is 198 Å². The van der Waals surface area contributed by atoms with Crippen LogP contribution in [-0.4, -0.2) is 68.1 Å². The maximum atomic E-state index is 14.4. The van der Waals surface area contributed by atoms with Gasteiger partial charge < -0.3 is 31.4 Å². The maximum absolute atomic E-state index is 14.4. The van der Waals surface area contributed by atoms with E-state index in [1.165, 1.54) is 28.9 Å². The van der Waals surface area contributed by atoms with Crippen LogP contribution in [0.5, 0.6) is 5.88 Å². The molecule has 17 heteroatoms. The quantitative estimate of drug-likeness (QED) is 0.109. The number of halogens is 4. The second-order valence-electron chi connectivity index (χ2n) is 14.4. The van der Waals surface area contributed by atoms with Crippen LogP contribution in [-0.2, 0) is 14.3 Å². The molecule has 2 aromatic heterocycles. The van der Waals surface area contributed by atoms with Crippen molar-refractivity contribution in [3.8, 4) is 11.6 Å². The monoisotopic (exact) mass is 799 g/mol. The smallest absolute Gasteiger partial charge is 0.429 e. The second kappa shape index (κ2) is 18.9. The van der Waals surface area contributed by atoms with Gasteiger partial charge in [-0.2, -0.15) is 23.3 Å². The fraction of sp³-hybridized carbons (Fsp3) is 0.385. The number of rotatable bonds is 12. The molecule has 4 aromatic rings. The summed E-state index contributed by atoms with van der Waals surface area (Å²) in [5.74, 6) is -2.26. The van der Waals surface area contributed by atoms with Gasteiger partial charge >= 0.3 is 18.1 Å². The number of alkyl halides is 3. The zero-order valence-corrected chi connectivity index (χ0v) is 32.1. The number of nitrogens with zero attached hydrogens (tertiary/aromatic N) is 4. The molecule has 2 heterocycles. The molecule has 6 N–H and O–H groups in total. The molecule has 56 heavy (non-hydrogen) atoms. The van der Waals surface area contributed by atoms with Crippen molar-refractivity contribution in [3.63, 3.8) is 0 Å². The summed E-state index contributed by atoms with van der Waals surface area (Å²) in [6, 6.07) is 14.8.